The molecule has 5 nitrogen and oxygen atoms in total. The predicted octanol–water partition coefficient (Wildman–Crippen LogP) is 2.31. The highest BCUT2D eigenvalue weighted by atomic mass is 16.5. The van der Waals surface area contributed by atoms with E-state index in [0.29, 0.717) is 12.5 Å². The number of hydrogen-bond acceptors (Lipinski definition) is 3. The number of aliphatic imine (C=N–C) groups is 2. The molecule has 0 radical (unpaired) electrons. The number of nitrogens with one attached hydrogen (secondary N) is 1. The Hall–Kier alpha value is -1.23. The molecule has 0 aromatic rings. The Balaban J connectivity index is 1.90. The summed E-state index contributed by atoms with van der Waals surface area (Å²) in [7, 11) is 0. The van der Waals surface area contributed by atoms with E-state index in [-0.39, 0.29) is 17.9 Å². The van der Waals surface area contributed by atoms with Crippen LogP contribution in [0, 0.1) is 5.92 Å². The SMILES string of the molecule is CCCCCC1C(=O)NC(=NCC2CCCO2)N=C1C. The largest absolute Gasteiger partial charge is 0.376 e. The summed E-state index contributed by atoms with van der Waals surface area (Å²) in [6.07, 6.45) is 6.63. The highest BCUT2D eigenvalue weighted by Crippen LogP contribution is 2.16. The molecule has 0 saturated carbocycles. The van der Waals surface area contributed by atoms with Crippen molar-refractivity contribution in [2.45, 2.75) is 58.5 Å². The molecule has 20 heavy (non-hydrogen) atoms. The summed E-state index contributed by atoms with van der Waals surface area (Å²) in [6.45, 7) is 5.51. The van der Waals surface area contributed by atoms with E-state index in [1.165, 1.54) is 6.42 Å². The molecular formula is C15H25N3O2. The molecule has 0 spiro atoms. The Morgan fingerprint density at radius 1 is 1.45 bits per heavy atom. The van der Waals surface area contributed by atoms with Crippen LogP contribution in [-0.4, -0.2) is 36.8 Å². The molecule has 112 valence electrons. The van der Waals surface area contributed by atoms with Crippen molar-refractivity contribution in [3.8, 4) is 0 Å². The van der Waals surface area contributed by atoms with Crippen LogP contribution in [0.25, 0.3) is 0 Å². The van der Waals surface area contributed by atoms with Gasteiger partial charge in [-0.3, -0.25) is 10.1 Å². The molecule has 2 aliphatic rings. The maximum atomic E-state index is 12.1. The first-order chi connectivity index (χ1) is 9.70. The summed E-state index contributed by atoms with van der Waals surface area (Å²) in [4.78, 5) is 20.9. The summed E-state index contributed by atoms with van der Waals surface area (Å²) in [5, 5.41) is 2.82. The van der Waals surface area contributed by atoms with Gasteiger partial charge in [-0.2, -0.15) is 0 Å². The van der Waals surface area contributed by atoms with Crippen molar-refractivity contribution in [2.75, 3.05) is 13.2 Å². The molecule has 1 saturated heterocycles. The Morgan fingerprint density at radius 2 is 2.30 bits per heavy atom. The van der Waals surface area contributed by atoms with Crippen molar-refractivity contribution >= 4 is 17.6 Å². The van der Waals surface area contributed by atoms with Gasteiger partial charge in [0.25, 0.3) is 0 Å². The molecule has 0 aromatic heterocycles. The van der Waals surface area contributed by atoms with E-state index in [0.717, 1.165) is 44.4 Å². The van der Waals surface area contributed by atoms with Gasteiger partial charge in [-0.1, -0.05) is 26.2 Å². The summed E-state index contributed by atoms with van der Waals surface area (Å²) >= 11 is 0. The normalized spacial score (nSPS) is 28.6. The van der Waals surface area contributed by atoms with E-state index < -0.39 is 0 Å². The summed E-state index contributed by atoms with van der Waals surface area (Å²) in [5.74, 6) is 0.415. The minimum Gasteiger partial charge on any atom is -0.376 e. The molecule has 2 atom stereocenters. The third-order valence-electron chi connectivity index (χ3n) is 3.90. The highest BCUT2D eigenvalue weighted by Gasteiger charge is 2.27. The second-order valence-electron chi connectivity index (χ2n) is 5.59. The van der Waals surface area contributed by atoms with Crippen molar-refractivity contribution < 1.29 is 9.53 Å². The lowest BCUT2D eigenvalue weighted by Crippen LogP contribution is -2.43. The Kier molecular flexibility index (Phi) is 5.71. The lowest BCUT2D eigenvalue weighted by Gasteiger charge is -2.21. The van der Waals surface area contributed by atoms with Crippen molar-refractivity contribution in [3.63, 3.8) is 0 Å². The van der Waals surface area contributed by atoms with Crippen LogP contribution in [-0.2, 0) is 9.53 Å². The molecule has 1 fully saturated rings. The van der Waals surface area contributed by atoms with E-state index in [1.54, 1.807) is 0 Å². The van der Waals surface area contributed by atoms with Gasteiger partial charge in [0.1, 0.15) is 0 Å². The summed E-state index contributed by atoms with van der Waals surface area (Å²) < 4.78 is 5.52. The van der Waals surface area contributed by atoms with Gasteiger partial charge in [-0.25, -0.2) is 9.98 Å². The first-order valence-electron chi connectivity index (χ1n) is 7.72. The number of rotatable bonds is 6. The third kappa shape index (κ3) is 4.13. The first-order valence-corrected chi connectivity index (χ1v) is 7.72. The lowest BCUT2D eigenvalue weighted by atomic mass is 9.95. The molecule has 2 rings (SSSR count). The van der Waals surface area contributed by atoms with Crippen LogP contribution in [0.4, 0.5) is 0 Å². The Bertz CT molecular complexity index is 398. The smallest absolute Gasteiger partial charge is 0.235 e. The second-order valence-corrected chi connectivity index (χ2v) is 5.59. The molecule has 1 N–H and O–H groups in total. The standard InChI is InChI=1S/C15H25N3O2/c1-3-4-5-8-13-11(2)17-15(18-14(13)19)16-10-12-7-6-9-20-12/h12-13H,3-10H2,1-2H3,(H,16,18,19). The van der Waals surface area contributed by atoms with E-state index in [9.17, 15) is 4.79 Å². The molecule has 2 aliphatic heterocycles. The molecular weight excluding hydrogens is 254 g/mol. The zero-order valence-corrected chi connectivity index (χ0v) is 12.5. The molecule has 0 bridgehead atoms. The van der Waals surface area contributed by atoms with Gasteiger partial charge in [0, 0.05) is 12.3 Å². The molecule has 2 unspecified atom stereocenters. The fourth-order valence-electron chi connectivity index (χ4n) is 2.65. The predicted molar refractivity (Wildman–Crippen MR) is 80.2 cm³/mol. The molecule has 2 heterocycles. The fourth-order valence-corrected chi connectivity index (χ4v) is 2.65. The van der Waals surface area contributed by atoms with Gasteiger partial charge in [0.05, 0.1) is 18.6 Å². The van der Waals surface area contributed by atoms with Crippen LogP contribution >= 0.6 is 0 Å². The minimum absolute atomic E-state index is 0.0414. The zero-order valence-electron chi connectivity index (χ0n) is 12.5. The quantitative estimate of drug-likeness (QED) is 0.758. The molecule has 0 aliphatic carbocycles. The highest BCUT2D eigenvalue weighted by molar-refractivity contribution is 6.16. The Morgan fingerprint density at radius 3 is 2.95 bits per heavy atom. The van der Waals surface area contributed by atoms with Crippen LogP contribution in [0.1, 0.15) is 52.4 Å². The van der Waals surface area contributed by atoms with Crippen molar-refractivity contribution in [1.82, 2.24) is 5.32 Å². The van der Waals surface area contributed by atoms with Crippen LogP contribution in [0.5, 0.6) is 0 Å². The van der Waals surface area contributed by atoms with Crippen LogP contribution in [0.15, 0.2) is 9.98 Å². The van der Waals surface area contributed by atoms with Crippen LogP contribution in [0.3, 0.4) is 0 Å². The number of hydrogen-bond donors (Lipinski definition) is 1. The number of nitrogens with zero attached hydrogens (tertiary/aromatic N) is 2. The van der Waals surface area contributed by atoms with E-state index >= 15 is 0 Å². The summed E-state index contributed by atoms with van der Waals surface area (Å²) in [5.41, 5.74) is 0.885. The fraction of sp³-hybridized carbons (Fsp3) is 0.800. The number of unbranched alkanes of at least 4 members (excludes halogenated alkanes) is 2. The van der Waals surface area contributed by atoms with Crippen LogP contribution < -0.4 is 5.32 Å². The third-order valence-corrected chi connectivity index (χ3v) is 3.90. The lowest BCUT2D eigenvalue weighted by molar-refractivity contribution is -0.122. The van der Waals surface area contributed by atoms with Gasteiger partial charge in [0.2, 0.25) is 11.9 Å². The van der Waals surface area contributed by atoms with Gasteiger partial charge in [0.15, 0.2) is 0 Å². The number of amides is 1. The average molecular weight is 279 g/mol. The van der Waals surface area contributed by atoms with Gasteiger partial charge >= 0.3 is 0 Å². The zero-order chi connectivity index (χ0) is 14.4. The minimum atomic E-state index is -0.0803. The second kappa shape index (κ2) is 7.53. The van der Waals surface area contributed by atoms with Crippen molar-refractivity contribution in [2.24, 2.45) is 15.9 Å². The molecule has 5 heteroatoms. The Labute approximate surface area is 120 Å². The first kappa shape index (κ1) is 15.2. The average Bonchev–Trinajstić information content (AvgIpc) is 2.93. The monoisotopic (exact) mass is 279 g/mol. The van der Waals surface area contributed by atoms with Crippen molar-refractivity contribution in [1.29, 1.82) is 0 Å². The van der Waals surface area contributed by atoms with Gasteiger partial charge in [-0.15, -0.1) is 0 Å². The van der Waals surface area contributed by atoms with Crippen molar-refractivity contribution in [3.05, 3.63) is 0 Å². The van der Waals surface area contributed by atoms with Gasteiger partial charge < -0.3 is 4.74 Å². The maximum Gasteiger partial charge on any atom is 0.235 e. The number of carbonyl (C=O) groups excluding carboxylic acids is 1. The van der Waals surface area contributed by atoms with E-state index in [4.69, 9.17) is 4.74 Å². The van der Waals surface area contributed by atoms with E-state index in [2.05, 4.69) is 22.2 Å². The van der Waals surface area contributed by atoms with Crippen LogP contribution in [0.2, 0.25) is 0 Å². The molecule has 0 aromatic carbocycles. The number of guanidine groups is 1. The van der Waals surface area contributed by atoms with Gasteiger partial charge in [-0.05, 0) is 26.2 Å². The summed E-state index contributed by atoms with van der Waals surface area (Å²) in [6, 6.07) is 0. The topological polar surface area (TPSA) is 63.0 Å². The van der Waals surface area contributed by atoms with E-state index in [1.807, 2.05) is 6.92 Å². The molecule has 1 amide bonds. The number of ether oxygens (including phenoxy) is 1. The number of carbonyl (C=O) groups is 1. The maximum absolute atomic E-state index is 12.1.